The summed E-state index contributed by atoms with van der Waals surface area (Å²) >= 11 is 0. The zero-order chi connectivity index (χ0) is 21.3. The number of nitrogens with zero attached hydrogens (tertiary/aromatic N) is 1. The molecule has 0 aliphatic heterocycles. The number of amides is 1. The third kappa shape index (κ3) is 3.98. The lowest BCUT2D eigenvalue weighted by Crippen LogP contribution is -2.57. The molecule has 0 spiro atoms. The number of nitrogens with one attached hydrogen (secondary N) is 2. The molecule has 0 heterocycles. The van der Waals surface area contributed by atoms with Gasteiger partial charge >= 0.3 is 0 Å². The molecule has 0 aromatic heterocycles. The maximum atomic E-state index is 12.8. The summed E-state index contributed by atoms with van der Waals surface area (Å²) in [5, 5.41) is 16.0. The second-order valence-corrected chi connectivity index (χ2v) is 9.32. The van der Waals surface area contributed by atoms with Gasteiger partial charge in [-0.1, -0.05) is 6.07 Å². The van der Waals surface area contributed by atoms with Crippen molar-refractivity contribution in [2.75, 3.05) is 14.2 Å². The smallest absolute Gasteiger partial charge is 0.263 e. The third-order valence-electron chi connectivity index (χ3n) is 7.18. The summed E-state index contributed by atoms with van der Waals surface area (Å²) in [5.74, 6) is 3.30. The van der Waals surface area contributed by atoms with Gasteiger partial charge in [0.2, 0.25) is 0 Å². The van der Waals surface area contributed by atoms with Crippen LogP contribution in [0.4, 0.5) is 0 Å². The highest BCUT2D eigenvalue weighted by atomic mass is 16.5. The number of carbonyl (C=O) groups excluding carboxylic acids is 1. The van der Waals surface area contributed by atoms with Gasteiger partial charge in [-0.25, -0.2) is 0 Å². The van der Waals surface area contributed by atoms with Gasteiger partial charge in [-0.2, -0.15) is 5.26 Å². The Morgan fingerprint density at radius 1 is 1.13 bits per heavy atom. The van der Waals surface area contributed by atoms with Gasteiger partial charge in [-0.3, -0.25) is 4.79 Å². The van der Waals surface area contributed by atoms with E-state index in [0.29, 0.717) is 11.5 Å². The fraction of sp³-hybridized carbons (Fsp3) is 0.583. The molecule has 4 fully saturated rings. The summed E-state index contributed by atoms with van der Waals surface area (Å²) in [6.45, 7) is 1.89. The topological polar surface area (TPSA) is 83.4 Å². The van der Waals surface area contributed by atoms with Crippen LogP contribution in [0.25, 0.3) is 0 Å². The van der Waals surface area contributed by atoms with E-state index in [9.17, 15) is 10.1 Å². The fourth-order valence-electron chi connectivity index (χ4n) is 6.14. The molecule has 1 aromatic carbocycles. The monoisotopic (exact) mass is 409 g/mol. The second-order valence-electron chi connectivity index (χ2n) is 9.32. The number of carbonyl (C=O) groups is 1. The van der Waals surface area contributed by atoms with Crippen molar-refractivity contribution in [2.24, 2.45) is 17.8 Å². The van der Waals surface area contributed by atoms with Crippen LogP contribution in [0.2, 0.25) is 0 Å². The van der Waals surface area contributed by atoms with Gasteiger partial charge in [0.1, 0.15) is 11.6 Å². The average Bonchev–Trinajstić information content (AvgIpc) is 2.72. The minimum atomic E-state index is -0.364. The van der Waals surface area contributed by atoms with E-state index in [1.807, 2.05) is 25.1 Å². The van der Waals surface area contributed by atoms with Crippen LogP contribution < -0.4 is 20.1 Å². The second kappa shape index (κ2) is 8.22. The molecule has 6 nitrogen and oxygen atoms in total. The molecular weight excluding hydrogens is 378 g/mol. The van der Waals surface area contributed by atoms with E-state index >= 15 is 0 Å². The lowest BCUT2D eigenvalue weighted by Gasteiger charge is -2.56. The molecule has 4 saturated carbocycles. The third-order valence-corrected chi connectivity index (χ3v) is 7.18. The van der Waals surface area contributed by atoms with E-state index in [1.165, 1.54) is 38.5 Å². The number of hydrogen-bond donors (Lipinski definition) is 2. The Labute approximate surface area is 178 Å². The minimum Gasteiger partial charge on any atom is -0.493 e. The maximum Gasteiger partial charge on any atom is 0.263 e. The largest absolute Gasteiger partial charge is 0.493 e. The summed E-state index contributed by atoms with van der Waals surface area (Å²) < 4.78 is 10.6. The van der Waals surface area contributed by atoms with Crippen LogP contribution in [0.5, 0.6) is 11.5 Å². The zero-order valence-corrected chi connectivity index (χ0v) is 18.0. The predicted molar refractivity (Wildman–Crippen MR) is 114 cm³/mol. The number of methoxy groups -OCH3 is 2. The van der Waals surface area contributed by atoms with Crippen LogP contribution in [-0.4, -0.2) is 25.7 Å². The van der Waals surface area contributed by atoms with Crippen LogP contribution >= 0.6 is 0 Å². The molecule has 5 rings (SSSR count). The summed E-state index contributed by atoms with van der Waals surface area (Å²) in [6.07, 6.45) is 9.23. The molecule has 6 heteroatoms. The van der Waals surface area contributed by atoms with Gasteiger partial charge in [0.05, 0.1) is 20.3 Å². The Morgan fingerprint density at radius 3 is 2.27 bits per heavy atom. The summed E-state index contributed by atoms with van der Waals surface area (Å²) in [7, 11) is 3.17. The van der Waals surface area contributed by atoms with Crippen molar-refractivity contribution in [1.29, 1.82) is 5.26 Å². The summed E-state index contributed by atoms with van der Waals surface area (Å²) in [4.78, 5) is 12.8. The molecule has 0 saturated heterocycles. The fourth-order valence-corrected chi connectivity index (χ4v) is 6.14. The first kappa shape index (κ1) is 20.6. The van der Waals surface area contributed by atoms with E-state index in [0.717, 1.165) is 23.3 Å². The predicted octanol–water partition coefficient (Wildman–Crippen LogP) is 3.85. The van der Waals surface area contributed by atoms with Crippen LogP contribution in [-0.2, 0) is 4.79 Å². The van der Waals surface area contributed by atoms with Crippen molar-refractivity contribution in [3.05, 3.63) is 35.5 Å². The Morgan fingerprint density at radius 2 is 1.73 bits per heavy atom. The molecule has 1 aromatic rings. The highest BCUT2D eigenvalue weighted by Gasteiger charge is 2.50. The highest BCUT2D eigenvalue weighted by molar-refractivity contribution is 5.97. The standard InChI is InChI=1S/C24H31N3O3/c1-15(19-4-5-21(29-2)22(9-19)30-3)27-23(28)20(13-25)14-26-24-10-16-6-17(11-24)8-18(7-16)12-24/h4-5,9,14-18,26H,6-8,10-12H2,1-3H3,(H,27,28)/b20-14-. The van der Waals surface area contributed by atoms with Crippen molar-refractivity contribution in [2.45, 2.75) is 57.0 Å². The van der Waals surface area contributed by atoms with Gasteiger partial charge < -0.3 is 20.1 Å². The van der Waals surface area contributed by atoms with Crippen molar-refractivity contribution >= 4 is 5.91 Å². The van der Waals surface area contributed by atoms with E-state index in [-0.39, 0.29) is 23.1 Å². The molecule has 1 amide bonds. The lowest BCUT2D eigenvalue weighted by molar-refractivity contribution is -0.117. The molecule has 0 radical (unpaired) electrons. The number of hydrogen-bond acceptors (Lipinski definition) is 5. The highest BCUT2D eigenvalue weighted by Crippen LogP contribution is 2.55. The Balaban J connectivity index is 1.42. The van der Waals surface area contributed by atoms with Gasteiger partial charge in [-0.15, -0.1) is 0 Å². The zero-order valence-electron chi connectivity index (χ0n) is 18.0. The molecule has 160 valence electrons. The van der Waals surface area contributed by atoms with Gasteiger partial charge in [-0.05, 0) is 80.9 Å². The molecule has 4 aliphatic carbocycles. The first-order chi connectivity index (χ1) is 14.4. The van der Waals surface area contributed by atoms with Crippen LogP contribution in [0.1, 0.15) is 57.1 Å². The van der Waals surface area contributed by atoms with Crippen LogP contribution in [0.15, 0.2) is 30.0 Å². The van der Waals surface area contributed by atoms with Crippen molar-refractivity contribution in [1.82, 2.24) is 10.6 Å². The molecule has 4 bridgehead atoms. The molecule has 1 atom stereocenters. The molecular formula is C24H31N3O3. The minimum absolute atomic E-state index is 0.0755. The van der Waals surface area contributed by atoms with E-state index < -0.39 is 0 Å². The van der Waals surface area contributed by atoms with Crippen LogP contribution in [0, 0.1) is 29.1 Å². The Kier molecular flexibility index (Phi) is 5.64. The quantitative estimate of drug-likeness (QED) is 0.528. The molecule has 4 aliphatic rings. The Hall–Kier alpha value is -2.68. The number of nitriles is 1. The van der Waals surface area contributed by atoms with E-state index in [1.54, 1.807) is 20.4 Å². The van der Waals surface area contributed by atoms with Gasteiger partial charge in [0, 0.05) is 11.7 Å². The first-order valence-electron chi connectivity index (χ1n) is 10.9. The molecule has 2 N–H and O–H groups in total. The van der Waals surface area contributed by atoms with Crippen molar-refractivity contribution in [3.8, 4) is 17.6 Å². The molecule has 30 heavy (non-hydrogen) atoms. The van der Waals surface area contributed by atoms with Crippen LogP contribution in [0.3, 0.4) is 0 Å². The van der Waals surface area contributed by atoms with Gasteiger partial charge in [0.25, 0.3) is 5.91 Å². The SMILES string of the molecule is COc1ccc(C(C)NC(=O)/C(C#N)=C\NC23CC4CC(CC(C4)C2)C3)cc1OC. The van der Waals surface area contributed by atoms with Crippen molar-refractivity contribution in [3.63, 3.8) is 0 Å². The number of benzene rings is 1. The average molecular weight is 410 g/mol. The number of ether oxygens (including phenoxy) is 2. The normalized spacial score (nSPS) is 30.3. The first-order valence-corrected chi connectivity index (χ1v) is 10.9. The lowest BCUT2D eigenvalue weighted by atomic mass is 9.53. The Bertz CT molecular complexity index is 851. The molecule has 1 unspecified atom stereocenters. The van der Waals surface area contributed by atoms with E-state index in [2.05, 4.69) is 16.7 Å². The van der Waals surface area contributed by atoms with Gasteiger partial charge in [0.15, 0.2) is 11.5 Å². The van der Waals surface area contributed by atoms with E-state index in [4.69, 9.17) is 9.47 Å². The van der Waals surface area contributed by atoms with Crippen molar-refractivity contribution < 1.29 is 14.3 Å². The number of rotatable bonds is 7. The summed E-state index contributed by atoms with van der Waals surface area (Å²) in [6, 6.07) is 7.34. The summed E-state index contributed by atoms with van der Waals surface area (Å²) in [5.41, 5.74) is 1.08. The maximum absolute atomic E-state index is 12.8.